The molecule has 0 aliphatic carbocycles. The smallest absolute Gasteiger partial charge is 0.00773 e. The van der Waals surface area contributed by atoms with Gasteiger partial charge in [-0.25, -0.2) is 0 Å². The minimum Gasteiger partial charge on any atom is -0.412 e. The maximum absolute atomic E-state index is 5.21. The summed E-state index contributed by atoms with van der Waals surface area (Å²) in [6.45, 7) is 7.58. The number of hydrogen-bond donors (Lipinski definition) is 1. The van der Waals surface area contributed by atoms with Gasteiger partial charge in [-0.3, -0.25) is 0 Å². The summed E-state index contributed by atoms with van der Waals surface area (Å²) >= 11 is 0. The normalized spacial score (nSPS) is 9.33. The van der Waals surface area contributed by atoms with Gasteiger partial charge in [0.2, 0.25) is 0 Å². The van der Waals surface area contributed by atoms with Crippen LogP contribution in [0.2, 0.25) is 0 Å². The third-order valence-electron chi connectivity index (χ3n) is 3.01. The molecular formula is C16H39NO. The Balaban J connectivity index is -0.000000277. The molecule has 0 saturated carbocycles. The molecule has 0 atom stereocenters. The Labute approximate surface area is 116 Å². The molecule has 2 heteroatoms. The van der Waals surface area contributed by atoms with Gasteiger partial charge in [-0.05, 0) is 13.0 Å². The lowest BCUT2D eigenvalue weighted by Gasteiger charge is -1.98. The predicted molar refractivity (Wildman–Crippen MR) is 85.1 cm³/mol. The summed E-state index contributed by atoms with van der Waals surface area (Å²) in [4.78, 5) is 0. The van der Waals surface area contributed by atoms with Crippen molar-refractivity contribution in [3.05, 3.63) is 0 Å². The van der Waals surface area contributed by atoms with Gasteiger partial charge in [0, 0.05) is 0 Å². The Kier molecular flexibility index (Phi) is 32.9. The van der Waals surface area contributed by atoms with E-state index >= 15 is 0 Å². The maximum atomic E-state index is 5.21. The van der Waals surface area contributed by atoms with Crippen LogP contribution >= 0.6 is 0 Å². The second-order valence-corrected chi connectivity index (χ2v) is 4.97. The number of rotatable bonds is 11. The SMILES string of the molecule is CCCCCCCCCCC.CCCCCN.O. The molecular weight excluding hydrogens is 222 g/mol. The van der Waals surface area contributed by atoms with Crippen molar-refractivity contribution in [3.8, 4) is 0 Å². The third kappa shape index (κ3) is 29.7. The Morgan fingerprint density at radius 2 is 0.778 bits per heavy atom. The monoisotopic (exact) mass is 261 g/mol. The van der Waals surface area contributed by atoms with E-state index in [9.17, 15) is 0 Å². The average Bonchev–Trinajstić information content (AvgIpc) is 2.36. The van der Waals surface area contributed by atoms with Gasteiger partial charge in [0.15, 0.2) is 0 Å². The van der Waals surface area contributed by atoms with Crippen molar-refractivity contribution in [3.63, 3.8) is 0 Å². The van der Waals surface area contributed by atoms with Crippen LogP contribution < -0.4 is 5.73 Å². The summed E-state index contributed by atoms with van der Waals surface area (Å²) in [6, 6.07) is 0. The van der Waals surface area contributed by atoms with Crippen LogP contribution in [0.1, 0.15) is 97.8 Å². The minimum atomic E-state index is 0. The Hall–Kier alpha value is -0.0800. The molecule has 0 amide bonds. The molecule has 0 aromatic heterocycles. The van der Waals surface area contributed by atoms with Crippen molar-refractivity contribution in [2.24, 2.45) is 5.73 Å². The van der Waals surface area contributed by atoms with Crippen molar-refractivity contribution in [2.45, 2.75) is 97.8 Å². The standard InChI is InChI=1S/C11H24.C5H13N.H2O/c1-3-5-7-9-11-10-8-6-4-2;1-2-3-4-5-6;/h3-11H2,1-2H3;2-6H2,1H3;1H2. The fraction of sp³-hybridized carbons (Fsp3) is 1.00. The van der Waals surface area contributed by atoms with Gasteiger partial charge in [-0.2, -0.15) is 0 Å². The fourth-order valence-corrected chi connectivity index (χ4v) is 1.78. The first-order valence-electron chi connectivity index (χ1n) is 8.03. The highest BCUT2D eigenvalue weighted by atomic mass is 16.0. The molecule has 0 aromatic carbocycles. The zero-order chi connectivity index (χ0) is 13.2. The van der Waals surface area contributed by atoms with Gasteiger partial charge in [0.25, 0.3) is 0 Å². The van der Waals surface area contributed by atoms with Crippen LogP contribution in [0.4, 0.5) is 0 Å². The first-order chi connectivity index (χ1) is 8.33. The van der Waals surface area contributed by atoms with Crippen LogP contribution in [0.25, 0.3) is 0 Å². The molecule has 0 aliphatic rings. The first-order valence-corrected chi connectivity index (χ1v) is 8.03. The van der Waals surface area contributed by atoms with Crippen molar-refractivity contribution < 1.29 is 5.48 Å². The van der Waals surface area contributed by atoms with Crippen molar-refractivity contribution in [1.82, 2.24) is 0 Å². The summed E-state index contributed by atoms with van der Waals surface area (Å²) in [5.41, 5.74) is 5.21. The molecule has 2 nitrogen and oxygen atoms in total. The van der Waals surface area contributed by atoms with Crippen LogP contribution in [0.5, 0.6) is 0 Å². The van der Waals surface area contributed by atoms with E-state index < -0.39 is 0 Å². The molecule has 0 saturated heterocycles. The summed E-state index contributed by atoms with van der Waals surface area (Å²) in [5.74, 6) is 0. The van der Waals surface area contributed by atoms with Gasteiger partial charge in [-0.15, -0.1) is 0 Å². The molecule has 0 bridgehead atoms. The molecule has 0 rings (SSSR count). The summed E-state index contributed by atoms with van der Waals surface area (Å²) in [6.07, 6.45) is 16.7. The van der Waals surface area contributed by atoms with Crippen molar-refractivity contribution in [2.75, 3.05) is 6.54 Å². The fourth-order valence-electron chi connectivity index (χ4n) is 1.78. The zero-order valence-corrected chi connectivity index (χ0v) is 13.3. The van der Waals surface area contributed by atoms with E-state index in [1.807, 2.05) is 0 Å². The van der Waals surface area contributed by atoms with E-state index in [-0.39, 0.29) is 5.48 Å². The lowest BCUT2D eigenvalue weighted by molar-refractivity contribution is 0.572. The molecule has 4 N–H and O–H groups in total. The Morgan fingerprint density at radius 1 is 0.500 bits per heavy atom. The second kappa shape index (κ2) is 25.7. The van der Waals surface area contributed by atoms with Gasteiger partial charge in [0.05, 0.1) is 0 Å². The molecule has 0 fully saturated rings. The number of nitrogens with two attached hydrogens (primary N) is 1. The number of unbranched alkanes of at least 4 members (excludes halogenated alkanes) is 10. The lowest BCUT2D eigenvalue weighted by Crippen LogP contribution is -1.96. The van der Waals surface area contributed by atoms with Crippen molar-refractivity contribution in [1.29, 1.82) is 0 Å². The van der Waals surface area contributed by atoms with Gasteiger partial charge >= 0.3 is 0 Å². The topological polar surface area (TPSA) is 57.5 Å². The van der Waals surface area contributed by atoms with Gasteiger partial charge < -0.3 is 11.2 Å². The Morgan fingerprint density at radius 3 is 1.00 bits per heavy atom. The van der Waals surface area contributed by atoms with E-state index in [4.69, 9.17) is 5.73 Å². The highest BCUT2D eigenvalue weighted by molar-refractivity contribution is 4.44. The molecule has 0 spiro atoms. The van der Waals surface area contributed by atoms with E-state index in [0.717, 1.165) is 6.54 Å². The Bertz CT molecular complexity index is 95.3. The second-order valence-electron chi connectivity index (χ2n) is 4.97. The first kappa shape index (κ1) is 23.0. The van der Waals surface area contributed by atoms with Crippen LogP contribution in [0.15, 0.2) is 0 Å². The molecule has 18 heavy (non-hydrogen) atoms. The molecule has 114 valence electrons. The average molecular weight is 261 g/mol. The molecule has 0 heterocycles. The van der Waals surface area contributed by atoms with Crippen molar-refractivity contribution >= 4 is 0 Å². The van der Waals surface area contributed by atoms with Crippen LogP contribution in [-0.2, 0) is 0 Å². The summed E-state index contributed by atoms with van der Waals surface area (Å²) in [7, 11) is 0. The van der Waals surface area contributed by atoms with E-state index in [2.05, 4.69) is 20.8 Å². The van der Waals surface area contributed by atoms with E-state index in [1.165, 1.54) is 77.0 Å². The number of hydrogen-bond acceptors (Lipinski definition) is 1. The predicted octanol–water partition coefficient (Wildman–Crippen LogP) is 4.85. The third-order valence-corrected chi connectivity index (χ3v) is 3.01. The molecule has 0 aromatic rings. The van der Waals surface area contributed by atoms with Gasteiger partial charge in [-0.1, -0.05) is 91.4 Å². The largest absolute Gasteiger partial charge is 0.412 e. The molecule has 0 aliphatic heterocycles. The molecule has 0 unspecified atom stereocenters. The van der Waals surface area contributed by atoms with Crippen LogP contribution in [0, 0.1) is 0 Å². The summed E-state index contributed by atoms with van der Waals surface area (Å²) < 4.78 is 0. The maximum Gasteiger partial charge on any atom is -0.00773 e. The highest BCUT2D eigenvalue weighted by Crippen LogP contribution is 2.08. The quantitative estimate of drug-likeness (QED) is 0.531. The minimum absolute atomic E-state index is 0. The zero-order valence-electron chi connectivity index (χ0n) is 13.3. The summed E-state index contributed by atoms with van der Waals surface area (Å²) in [5, 5.41) is 0. The van der Waals surface area contributed by atoms with Gasteiger partial charge in [0.1, 0.15) is 0 Å². The molecule has 0 radical (unpaired) electrons. The lowest BCUT2D eigenvalue weighted by atomic mass is 10.1. The van der Waals surface area contributed by atoms with E-state index in [1.54, 1.807) is 0 Å². The van der Waals surface area contributed by atoms with Crippen LogP contribution in [-0.4, -0.2) is 12.0 Å². The highest BCUT2D eigenvalue weighted by Gasteiger charge is 1.89. The van der Waals surface area contributed by atoms with E-state index in [0.29, 0.717) is 0 Å². The van der Waals surface area contributed by atoms with Crippen LogP contribution in [0.3, 0.4) is 0 Å².